The Hall–Kier alpha value is -3.41. The SMILES string of the molecule is C=CCOc1ccc(C(F)=C(F)c2ccc3cc(CC/C=C/C)c(F)c(F)c3c2F)cc1. The largest absolute Gasteiger partial charge is 0.490 e. The van der Waals surface area contributed by atoms with E-state index in [0.717, 1.165) is 6.07 Å². The lowest BCUT2D eigenvalue weighted by atomic mass is 9.98. The maximum Gasteiger partial charge on any atom is 0.169 e. The molecule has 0 radical (unpaired) electrons. The fourth-order valence-electron chi connectivity index (χ4n) is 3.29. The molecule has 0 N–H and O–H groups in total. The summed E-state index contributed by atoms with van der Waals surface area (Å²) in [5.41, 5.74) is -0.859. The smallest absolute Gasteiger partial charge is 0.169 e. The molecule has 3 aromatic rings. The molecule has 1 nitrogen and oxygen atoms in total. The van der Waals surface area contributed by atoms with Crippen LogP contribution in [0.2, 0.25) is 0 Å². The topological polar surface area (TPSA) is 9.23 Å². The minimum atomic E-state index is -1.51. The van der Waals surface area contributed by atoms with Crippen LogP contribution in [0.3, 0.4) is 0 Å². The highest BCUT2D eigenvalue weighted by Gasteiger charge is 2.22. The lowest BCUT2D eigenvalue weighted by Gasteiger charge is -2.11. The van der Waals surface area contributed by atoms with Crippen molar-refractivity contribution >= 4 is 22.4 Å². The van der Waals surface area contributed by atoms with Gasteiger partial charge in [0.15, 0.2) is 23.3 Å². The Balaban J connectivity index is 2.02. The van der Waals surface area contributed by atoms with Crippen molar-refractivity contribution in [3.8, 4) is 5.75 Å². The molecule has 3 rings (SSSR count). The standard InChI is InChI=1S/C26H21F5O/c1-3-5-6-7-18-15-17-10-13-20(24(29)21(17)26(31)23(18)28)25(30)22(27)16-8-11-19(12-9-16)32-14-4-2/h3-5,8-13,15H,2,6-7,14H2,1H3/b5-3+,25-22?. The number of ether oxygens (including phenoxy) is 1. The molecule has 0 fully saturated rings. The van der Waals surface area contributed by atoms with Crippen molar-refractivity contribution in [1.29, 1.82) is 0 Å². The summed E-state index contributed by atoms with van der Waals surface area (Å²) in [6.07, 6.45) is 5.82. The molecule has 0 unspecified atom stereocenters. The molecule has 166 valence electrons. The number of rotatable bonds is 8. The second kappa shape index (κ2) is 10.3. The molecule has 0 aliphatic rings. The predicted molar refractivity (Wildman–Crippen MR) is 118 cm³/mol. The second-order valence-corrected chi connectivity index (χ2v) is 7.05. The minimum Gasteiger partial charge on any atom is -0.490 e. The number of benzene rings is 3. The number of hydrogen-bond donors (Lipinski definition) is 0. The van der Waals surface area contributed by atoms with E-state index < -0.39 is 40.1 Å². The highest BCUT2D eigenvalue weighted by atomic mass is 19.2. The third kappa shape index (κ3) is 4.74. The molecule has 0 atom stereocenters. The summed E-state index contributed by atoms with van der Waals surface area (Å²) in [6, 6.07) is 8.96. The van der Waals surface area contributed by atoms with Crippen molar-refractivity contribution in [1.82, 2.24) is 0 Å². The Bertz CT molecular complexity index is 1190. The highest BCUT2D eigenvalue weighted by Crippen LogP contribution is 2.35. The molecule has 0 heterocycles. The zero-order valence-corrected chi connectivity index (χ0v) is 17.4. The Morgan fingerprint density at radius 1 is 0.938 bits per heavy atom. The van der Waals surface area contributed by atoms with Gasteiger partial charge in [0.05, 0.1) is 5.39 Å². The van der Waals surface area contributed by atoms with Crippen LogP contribution in [-0.2, 0) is 6.42 Å². The predicted octanol–water partition coefficient (Wildman–Crippen LogP) is 8.10. The molecule has 0 amide bonds. The summed E-state index contributed by atoms with van der Waals surface area (Å²) in [5.74, 6) is -6.41. The first kappa shape index (κ1) is 23.3. The quantitative estimate of drug-likeness (QED) is 0.194. The maximum atomic E-state index is 15.0. The van der Waals surface area contributed by atoms with E-state index in [9.17, 15) is 22.0 Å². The first-order valence-electron chi connectivity index (χ1n) is 9.99. The average Bonchev–Trinajstić information content (AvgIpc) is 2.80. The fraction of sp³-hybridized carbons (Fsp3) is 0.154. The Morgan fingerprint density at radius 3 is 2.31 bits per heavy atom. The number of hydrogen-bond acceptors (Lipinski definition) is 1. The van der Waals surface area contributed by atoms with E-state index >= 15 is 0 Å². The third-order valence-corrected chi connectivity index (χ3v) is 4.92. The summed E-state index contributed by atoms with van der Waals surface area (Å²) in [5, 5.41) is -0.650. The lowest BCUT2D eigenvalue weighted by Crippen LogP contribution is -2.00. The van der Waals surface area contributed by atoms with Crippen LogP contribution in [0.4, 0.5) is 22.0 Å². The Labute approximate surface area is 183 Å². The van der Waals surface area contributed by atoms with Gasteiger partial charge in [0.25, 0.3) is 0 Å². The van der Waals surface area contributed by atoms with E-state index in [2.05, 4.69) is 6.58 Å². The zero-order valence-electron chi connectivity index (χ0n) is 17.4. The van der Waals surface area contributed by atoms with E-state index in [4.69, 9.17) is 4.74 Å². The fourth-order valence-corrected chi connectivity index (χ4v) is 3.29. The average molecular weight is 444 g/mol. The number of fused-ring (bicyclic) bond motifs is 1. The van der Waals surface area contributed by atoms with Crippen molar-refractivity contribution in [2.75, 3.05) is 6.61 Å². The van der Waals surface area contributed by atoms with Crippen LogP contribution < -0.4 is 4.74 Å². The molecular weight excluding hydrogens is 423 g/mol. The van der Waals surface area contributed by atoms with Crippen molar-refractivity contribution in [3.05, 3.63) is 101 Å². The van der Waals surface area contributed by atoms with Gasteiger partial charge in [-0.25, -0.2) is 22.0 Å². The minimum absolute atomic E-state index is 0.0672. The van der Waals surface area contributed by atoms with Crippen molar-refractivity contribution in [2.24, 2.45) is 0 Å². The Morgan fingerprint density at radius 2 is 1.66 bits per heavy atom. The zero-order chi connectivity index (χ0) is 23.3. The first-order chi connectivity index (χ1) is 15.4. The van der Waals surface area contributed by atoms with Crippen molar-refractivity contribution in [3.63, 3.8) is 0 Å². The van der Waals surface area contributed by atoms with E-state index in [1.165, 1.54) is 42.5 Å². The normalized spacial score (nSPS) is 12.3. The van der Waals surface area contributed by atoms with Crippen LogP contribution in [-0.4, -0.2) is 6.61 Å². The number of halogens is 5. The van der Waals surface area contributed by atoms with Crippen LogP contribution in [0.5, 0.6) is 5.75 Å². The molecular formula is C26H21F5O. The first-order valence-corrected chi connectivity index (χ1v) is 9.99. The van der Waals surface area contributed by atoms with Gasteiger partial charge >= 0.3 is 0 Å². The van der Waals surface area contributed by atoms with Gasteiger partial charge in [-0.1, -0.05) is 30.9 Å². The lowest BCUT2D eigenvalue weighted by molar-refractivity contribution is 0.363. The van der Waals surface area contributed by atoms with Crippen LogP contribution in [0, 0.1) is 17.5 Å². The summed E-state index contributed by atoms with van der Waals surface area (Å²) in [4.78, 5) is 0. The Kier molecular flexibility index (Phi) is 7.46. The second-order valence-electron chi connectivity index (χ2n) is 7.05. The van der Waals surface area contributed by atoms with Crippen LogP contribution in [0.1, 0.15) is 30.0 Å². The van der Waals surface area contributed by atoms with Crippen LogP contribution in [0.15, 0.2) is 67.3 Å². The van der Waals surface area contributed by atoms with Crippen molar-refractivity contribution in [2.45, 2.75) is 19.8 Å². The molecule has 0 aromatic heterocycles. The molecule has 0 saturated heterocycles. The molecule has 3 aromatic carbocycles. The number of allylic oxidation sites excluding steroid dienone is 2. The van der Waals surface area contributed by atoms with Gasteiger partial charge in [-0.05, 0) is 67.1 Å². The van der Waals surface area contributed by atoms with Gasteiger partial charge in [-0.3, -0.25) is 0 Å². The molecule has 32 heavy (non-hydrogen) atoms. The molecule has 0 aliphatic carbocycles. The van der Waals surface area contributed by atoms with Crippen molar-refractivity contribution < 1.29 is 26.7 Å². The van der Waals surface area contributed by atoms with Crippen LogP contribution >= 0.6 is 0 Å². The summed E-state index contributed by atoms with van der Waals surface area (Å²) in [7, 11) is 0. The molecule has 0 bridgehead atoms. The van der Waals surface area contributed by atoms with Gasteiger partial charge in [-0.15, -0.1) is 0 Å². The highest BCUT2D eigenvalue weighted by molar-refractivity contribution is 5.91. The molecule has 6 heteroatoms. The van der Waals surface area contributed by atoms with Gasteiger partial charge < -0.3 is 4.74 Å². The molecule has 0 saturated carbocycles. The van der Waals surface area contributed by atoms with Gasteiger partial charge in [0.2, 0.25) is 0 Å². The van der Waals surface area contributed by atoms with E-state index in [1.807, 2.05) is 0 Å². The third-order valence-electron chi connectivity index (χ3n) is 4.92. The molecule has 0 spiro atoms. The van der Waals surface area contributed by atoms with E-state index in [0.29, 0.717) is 12.2 Å². The van der Waals surface area contributed by atoms with E-state index in [1.54, 1.807) is 19.1 Å². The maximum absolute atomic E-state index is 15.0. The summed E-state index contributed by atoms with van der Waals surface area (Å²) in [6.45, 7) is 5.56. The number of aryl methyl sites for hydroxylation is 1. The van der Waals surface area contributed by atoms with Gasteiger partial charge in [-0.2, -0.15) is 0 Å². The summed E-state index contributed by atoms with van der Waals surface area (Å²) >= 11 is 0. The molecule has 0 aliphatic heterocycles. The van der Waals surface area contributed by atoms with Crippen LogP contribution in [0.25, 0.3) is 22.4 Å². The van der Waals surface area contributed by atoms with Gasteiger partial charge in [0.1, 0.15) is 18.2 Å². The van der Waals surface area contributed by atoms with Gasteiger partial charge in [0, 0.05) is 11.1 Å². The summed E-state index contributed by atoms with van der Waals surface area (Å²) < 4.78 is 78.9. The van der Waals surface area contributed by atoms with E-state index in [-0.39, 0.29) is 29.5 Å². The monoisotopic (exact) mass is 444 g/mol.